The van der Waals surface area contributed by atoms with E-state index < -0.39 is 76.1 Å². The van der Waals surface area contributed by atoms with E-state index in [-0.39, 0.29) is 30.7 Å². The number of anilines is 1. The summed E-state index contributed by atoms with van der Waals surface area (Å²) >= 11 is 0. The van der Waals surface area contributed by atoms with E-state index in [0.717, 1.165) is 5.56 Å². The SMILES string of the molecule is COC(=O)c1ccc(CNCc2cc(N(C)C)c3c(c2O)C(=O)C2C(=O)[C@]4(O)C(=O)C(C(N)=O)C(=O)[C@@H](C(C)C)C4CC2C3)cc1. The van der Waals surface area contributed by atoms with E-state index >= 15 is 0 Å². The van der Waals surface area contributed by atoms with Crippen molar-refractivity contribution in [2.45, 2.75) is 45.4 Å². The molecular weight excluding hydrogens is 594 g/mol. The van der Waals surface area contributed by atoms with Gasteiger partial charge in [-0.1, -0.05) is 26.0 Å². The van der Waals surface area contributed by atoms with Crippen molar-refractivity contribution < 1.29 is 43.7 Å². The third kappa shape index (κ3) is 5.09. The number of nitrogens with two attached hydrogens (primary N) is 1. The lowest BCUT2D eigenvalue weighted by atomic mass is 9.49. The fourth-order valence-corrected chi connectivity index (χ4v) is 7.71. The molecule has 5 rings (SSSR count). The van der Waals surface area contributed by atoms with Crippen LogP contribution in [0, 0.1) is 35.5 Å². The molecule has 0 heterocycles. The number of hydrogen-bond acceptors (Lipinski definition) is 11. The second-order valence-electron chi connectivity index (χ2n) is 13.1. The number of amides is 1. The second-order valence-corrected chi connectivity index (χ2v) is 13.1. The van der Waals surface area contributed by atoms with E-state index in [0.29, 0.717) is 28.9 Å². The van der Waals surface area contributed by atoms with Crippen LogP contribution < -0.4 is 16.0 Å². The first kappa shape index (κ1) is 33.0. The number of ketones is 4. The summed E-state index contributed by atoms with van der Waals surface area (Å²) in [6.07, 6.45) is 0.216. The number of phenolic OH excluding ortho intramolecular Hbond substituents is 1. The molecule has 0 spiro atoms. The van der Waals surface area contributed by atoms with Gasteiger partial charge in [-0.05, 0) is 54.0 Å². The molecule has 244 valence electrons. The molecule has 0 aliphatic heterocycles. The summed E-state index contributed by atoms with van der Waals surface area (Å²) in [6.45, 7) is 3.95. The number of ether oxygens (including phenoxy) is 1. The number of rotatable bonds is 8. The smallest absolute Gasteiger partial charge is 0.337 e. The van der Waals surface area contributed by atoms with E-state index in [1.54, 1.807) is 58.3 Å². The van der Waals surface area contributed by atoms with Crippen LogP contribution in [0.4, 0.5) is 5.69 Å². The zero-order valence-corrected chi connectivity index (χ0v) is 26.5. The van der Waals surface area contributed by atoms with Crippen LogP contribution in [0.25, 0.3) is 0 Å². The van der Waals surface area contributed by atoms with Crippen LogP contribution in [-0.4, -0.2) is 72.0 Å². The molecule has 3 aliphatic rings. The summed E-state index contributed by atoms with van der Waals surface area (Å²) in [6, 6.07) is 8.58. The Balaban J connectivity index is 1.49. The predicted molar refractivity (Wildman–Crippen MR) is 165 cm³/mol. The Morgan fingerprint density at radius 2 is 1.74 bits per heavy atom. The standard InChI is InChI=1S/C34H39N3O9/c1-15(2)23-21-11-18-10-20-22(37(3)4)12-19(14-36-13-16-6-8-17(9-7-16)33(44)46-5)27(38)25(20)29(40)24(18)30(41)34(21,45)31(42)26(28(23)39)32(35)43/h6-9,12,15,18,21,23-24,26,36,38,45H,10-11,13-14H2,1-5H3,(H2,35,43)/t18?,21?,23-,24?,26?,34-/m0/s1. The Morgan fingerprint density at radius 3 is 2.30 bits per heavy atom. The van der Waals surface area contributed by atoms with E-state index in [4.69, 9.17) is 10.5 Å². The number of hydrogen-bond donors (Lipinski definition) is 4. The minimum atomic E-state index is -2.74. The number of methoxy groups -OCH3 is 1. The molecule has 0 saturated heterocycles. The number of nitrogens with zero attached hydrogens (tertiary/aromatic N) is 1. The fraction of sp³-hybridized carbons (Fsp3) is 0.471. The third-order valence-corrected chi connectivity index (χ3v) is 9.87. The van der Waals surface area contributed by atoms with E-state index in [2.05, 4.69) is 5.32 Å². The Morgan fingerprint density at radius 1 is 1.09 bits per heavy atom. The quantitative estimate of drug-likeness (QED) is 0.242. The van der Waals surface area contributed by atoms with Gasteiger partial charge >= 0.3 is 5.97 Å². The number of esters is 1. The third-order valence-electron chi connectivity index (χ3n) is 9.87. The van der Waals surface area contributed by atoms with Crippen molar-refractivity contribution in [1.29, 1.82) is 0 Å². The molecule has 46 heavy (non-hydrogen) atoms. The van der Waals surface area contributed by atoms with Gasteiger partial charge in [0.15, 0.2) is 34.7 Å². The van der Waals surface area contributed by atoms with Gasteiger partial charge in [0, 0.05) is 50.3 Å². The number of fused-ring (bicyclic) bond motifs is 3. The van der Waals surface area contributed by atoms with Crippen LogP contribution in [0.15, 0.2) is 30.3 Å². The molecule has 12 nitrogen and oxygen atoms in total. The summed E-state index contributed by atoms with van der Waals surface area (Å²) < 4.78 is 4.72. The number of benzene rings is 2. The summed E-state index contributed by atoms with van der Waals surface area (Å²) in [5, 5.41) is 26.5. The maximum absolute atomic E-state index is 14.2. The van der Waals surface area contributed by atoms with E-state index in [9.17, 15) is 39.0 Å². The normalized spacial score (nSPS) is 27.2. The Bertz CT molecular complexity index is 1650. The molecule has 2 fully saturated rings. The highest BCUT2D eigenvalue weighted by atomic mass is 16.5. The maximum Gasteiger partial charge on any atom is 0.337 e. The van der Waals surface area contributed by atoms with Gasteiger partial charge in [-0.3, -0.25) is 24.0 Å². The molecule has 0 radical (unpaired) electrons. The number of Topliss-reactive ketones (excluding diaryl/α,β-unsaturated/α-hetero) is 4. The Labute approximate surface area is 266 Å². The zero-order chi connectivity index (χ0) is 33.8. The Kier molecular flexibility index (Phi) is 8.65. The molecule has 4 unspecified atom stereocenters. The minimum absolute atomic E-state index is 0.0234. The van der Waals surface area contributed by atoms with E-state index in [1.165, 1.54) is 7.11 Å². The minimum Gasteiger partial charge on any atom is -0.507 e. The second kappa shape index (κ2) is 12.1. The topological polar surface area (TPSA) is 193 Å². The number of phenols is 1. The van der Waals surface area contributed by atoms with Crippen molar-refractivity contribution in [3.8, 4) is 5.75 Å². The summed E-state index contributed by atoms with van der Waals surface area (Å²) in [5.74, 6) is -12.4. The summed E-state index contributed by atoms with van der Waals surface area (Å²) in [4.78, 5) is 80.9. The van der Waals surface area contributed by atoms with Crippen LogP contribution in [0.3, 0.4) is 0 Å². The van der Waals surface area contributed by atoms with Gasteiger partial charge in [0.2, 0.25) is 5.91 Å². The Hall–Kier alpha value is -4.42. The molecule has 0 bridgehead atoms. The monoisotopic (exact) mass is 633 g/mol. The highest BCUT2D eigenvalue weighted by Gasteiger charge is 2.69. The number of primary amides is 1. The number of carbonyl (C=O) groups excluding carboxylic acids is 6. The van der Waals surface area contributed by atoms with E-state index in [1.807, 2.05) is 4.90 Å². The summed E-state index contributed by atoms with van der Waals surface area (Å²) in [7, 11) is 4.90. The largest absolute Gasteiger partial charge is 0.507 e. The summed E-state index contributed by atoms with van der Waals surface area (Å²) in [5.41, 5.74) is 5.49. The maximum atomic E-state index is 14.2. The van der Waals surface area contributed by atoms with Crippen LogP contribution in [-0.2, 0) is 43.4 Å². The fourth-order valence-electron chi connectivity index (χ4n) is 7.71. The predicted octanol–water partition coefficient (Wildman–Crippen LogP) is 1.35. The number of aliphatic hydroxyl groups is 1. The molecule has 5 N–H and O–H groups in total. The number of aromatic hydroxyl groups is 1. The highest BCUT2D eigenvalue weighted by Crippen LogP contribution is 2.54. The first-order valence-corrected chi connectivity index (χ1v) is 15.3. The zero-order valence-electron chi connectivity index (χ0n) is 26.5. The molecule has 2 saturated carbocycles. The number of carbonyl (C=O) groups is 6. The van der Waals surface area contributed by atoms with Gasteiger partial charge in [-0.25, -0.2) is 4.79 Å². The molecule has 2 aromatic carbocycles. The van der Waals surface area contributed by atoms with Crippen LogP contribution in [0.2, 0.25) is 0 Å². The van der Waals surface area contributed by atoms with Crippen molar-refractivity contribution in [2.24, 2.45) is 41.2 Å². The lowest BCUT2D eigenvalue weighted by molar-refractivity contribution is -0.182. The van der Waals surface area contributed by atoms with Gasteiger partial charge in [0.25, 0.3) is 0 Å². The van der Waals surface area contributed by atoms with Crippen molar-refractivity contribution >= 4 is 40.7 Å². The molecule has 2 aromatic rings. The van der Waals surface area contributed by atoms with Crippen molar-refractivity contribution in [1.82, 2.24) is 5.32 Å². The molecular formula is C34H39N3O9. The first-order chi connectivity index (χ1) is 21.6. The van der Waals surface area contributed by atoms with Gasteiger partial charge < -0.3 is 30.9 Å². The van der Waals surface area contributed by atoms with Crippen LogP contribution in [0.5, 0.6) is 5.75 Å². The van der Waals surface area contributed by atoms with Gasteiger partial charge in [-0.2, -0.15) is 0 Å². The van der Waals surface area contributed by atoms with Crippen molar-refractivity contribution in [2.75, 3.05) is 26.1 Å². The van der Waals surface area contributed by atoms with Gasteiger partial charge in [0.05, 0.1) is 24.2 Å². The molecule has 12 heteroatoms. The van der Waals surface area contributed by atoms with Gasteiger partial charge in [-0.15, -0.1) is 0 Å². The molecule has 6 atom stereocenters. The van der Waals surface area contributed by atoms with Crippen molar-refractivity contribution in [3.63, 3.8) is 0 Å². The first-order valence-electron chi connectivity index (χ1n) is 15.3. The van der Waals surface area contributed by atoms with Crippen molar-refractivity contribution in [3.05, 3.63) is 58.1 Å². The molecule has 3 aliphatic carbocycles. The highest BCUT2D eigenvalue weighted by molar-refractivity contribution is 6.32. The average molecular weight is 634 g/mol. The van der Waals surface area contributed by atoms with Gasteiger partial charge in [0.1, 0.15) is 5.75 Å². The average Bonchev–Trinajstić information content (AvgIpc) is 2.99. The lowest BCUT2D eigenvalue weighted by Gasteiger charge is -2.52. The van der Waals surface area contributed by atoms with Crippen LogP contribution in [0.1, 0.15) is 57.7 Å². The van der Waals surface area contributed by atoms with Crippen LogP contribution >= 0.6 is 0 Å². The molecule has 0 aromatic heterocycles. The number of nitrogens with one attached hydrogen (secondary N) is 1. The molecule has 1 amide bonds. The lowest BCUT2D eigenvalue weighted by Crippen LogP contribution is -2.71.